The Morgan fingerprint density at radius 3 is 2.13 bits per heavy atom. The number of fused-ring (bicyclic) bond motifs is 2. The first-order chi connectivity index (χ1) is 15.1. The summed E-state index contributed by atoms with van der Waals surface area (Å²) in [6.45, 7) is 1.82. The molecule has 0 unspecified atom stereocenters. The molecule has 4 aromatic carbocycles. The van der Waals surface area contributed by atoms with Crippen LogP contribution in [0.25, 0.3) is 21.5 Å². The zero-order chi connectivity index (χ0) is 22.0. The number of phenolic OH excluding ortho intramolecular Hbond substituents is 1. The number of ether oxygens (including phenoxy) is 1. The molecule has 0 radical (unpaired) electrons. The van der Waals surface area contributed by atoms with E-state index in [4.69, 9.17) is 4.74 Å². The molecule has 0 saturated heterocycles. The topological polar surface area (TPSA) is 83.9 Å². The van der Waals surface area contributed by atoms with Crippen LogP contribution in [0.3, 0.4) is 0 Å². The van der Waals surface area contributed by atoms with Crippen molar-refractivity contribution >= 4 is 51.6 Å². The Morgan fingerprint density at radius 1 is 0.871 bits per heavy atom. The summed E-state index contributed by atoms with van der Waals surface area (Å²) in [5.74, 6) is 0.0694. The van der Waals surface area contributed by atoms with Crippen LogP contribution in [0.2, 0.25) is 0 Å². The van der Waals surface area contributed by atoms with Gasteiger partial charge in [0.2, 0.25) is 0 Å². The van der Waals surface area contributed by atoms with Crippen molar-refractivity contribution in [2.45, 2.75) is 6.92 Å². The molecule has 31 heavy (non-hydrogen) atoms. The maximum Gasteiger partial charge on any atom is 0.418 e. The number of amides is 1. The molecule has 4 rings (SSSR count). The SMILES string of the molecule is CCOC(=O)N(c1ccc(O)c2ccccc12)c1c(C=O)cc(C=O)c2ccccc12. The predicted molar refractivity (Wildman–Crippen MR) is 119 cm³/mol. The van der Waals surface area contributed by atoms with E-state index in [0.29, 0.717) is 51.1 Å². The fraction of sp³-hybridized carbons (Fsp3) is 0.0800. The van der Waals surface area contributed by atoms with Crippen molar-refractivity contribution in [1.82, 2.24) is 0 Å². The van der Waals surface area contributed by atoms with Crippen molar-refractivity contribution in [1.29, 1.82) is 0 Å². The van der Waals surface area contributed by atoms with Crippen LogP contribution >= 0.6 is 0 Å². The van der Waals surface area contributed by atoms with Gasteiger partial charge in [-0.25, -0.2) is 9.69 Å². The largest absolute Gasteiger partial charge is 0.507 e. The van der Waals surface area contributed by atoms with Gasteiger partial charge in [0.15, 0.2) is 12.6 Å². The molecule has 0 saturated carbocycles. The van der Waals surface area contributed by atoms with Crippen LogP contribution in [0.5, 0.6) is 5.75 Å². The van der Waals surface area contributed by atoms with E-state index < -0.39 is 6.09 Å². The lowest BCUT2D eigenvalue weighted by molar-refractivity contribution is 0.112. The number of benzene rings is 4. The van der Waals surface area contributed by atoms with Gasteiger partial charge in [0.1, 0.15) is 5.75 Å². The van der Waals surface area contributed by atoms with Crippen molar-refractivity contribution in [3.63, 3.8) is 0 Å². The number of aldehydes is 2. The van der Waals surface area contributed by atoms with Gasteiger partial charge in [0, 0.05) is 27.3 Å². The highest BCUT2D eigenvalue weighted by molar-refractivity contribution is 6.17. The van der Waals surface area contributed by atoms with E-state index in [1.807, 2.05) is 0 Å². The van der Waals surface area contributed by atoms with Gasteiger partial charge in [-0.2, -0.15) is 0 Å². The minimum atomic E-state index is -0.676. The standard InChI is InChI=1S/C25H19NO5/c1-2-31-25(30)26(22-11-12-23(29)20-9-5-4-8-19(20)22)24-17(15-28)13-16(14-27)18-7-3-6-10-21(18)24/h3-15,29H,2H2,1H3. The van der Waals surface area contributed by atoms with E-state index in [9.17, 15) is 19.5 Å². The van der Waals surface area contributed by atoms with Crippen LogP contribution in [0, 0.1) is 0 Å². The Labute approximate surface area is 178 Å². The molecule has 0 spiro atoms. The summed E-state index contributed by atoms with van der Waals surface area (Å²) < 4.78 is 5.34. The van der Waals surface area contributed by atoms with Crippen molar-refractivity contribution in [2.24, 2.45) is 0 Å². The summed E-state index contributed by atoms with van der Waals surface area (Å²) in [6, 6.07) is 18.7. The summed E-state index contributed by atoms with van der Waals surface area (Å²) in [7, 11) is 0. The lowest BCUT2D eigenvalue weighted by atomic mass is 9.97. The molecular weight excluding hydrogens is 394 g/mol. The number of carbonyl (C=O) groups excluding carboxylic acids is 3. The lowest BCUT2D eigenvalue weighted by Crippen LogP contribution is -2.28. The van der Waals surface area contributed by atoms with E-state index in [-0.39, 0.29) is 17.9 Å². The number of carbonyl (C=O) groups is 3. The number of aromatic hydroxyl groups is 1. The first-order valence-corrected chi connectivity index (χ1v) is 9.74. The second kappa shape index (κ2) is 8.28. The Bertz CT molecular complexity index is 1330. The third-order valence-corrected chi connectivity index (χ3v) is 5.12. The highest BCUT2D eigenvalue weighted by Crippen LogP contribution is 2.41. The second-order valence-electron chi connectivity index (χ2n) is 6.87. The second-order valence-corrected chi connectivity index (χ2v) is 6.87. The van der Waals surface area contributed by atoms with E-state index in [1.54, 1.807) is 61.5 Å². The quantitative estimate of drug-likeness (QED) is 0.430. The monoisotopic (exact) mass is 413 g/mol. The fourth-order valence-corrected chi connectivity index (χ4v) is 3.81. The third-order valence-electron chi connectivity index (χ3n) is 5.12. The Morgan fingerprint density at radius 2 is 1.48 bits per heavy atom. The summed E-state index contributed by atoms with van der Waals surface area (Å²) in [6.07, 6.45) is 0.623. The number of hydrogen-bond donors (Lipinski definition) is 1. The van der Waals surface area contributed by atoms with Gasteiger partial charge in [-0.3, -0.25) is 9.59 Å². The van der Waals surface area contributed by atoms with Crippen molar-refractivity contribution in [3.05, 3.63) is 77.9 Å². The van der Waals surface area contributed by atoms with Gasteiger partial charge in [-0.15, -0.1) is 0 Å². The Balaban J connectivity index is 2.13. The fourth-order valence-electron chi connectivity index (χ4n) is 3.81. The molecule has 1 amide bonds. The molecule has 154 valence electrons. The van der Waals surface area contributed by atoms with Crippen LogP contribution in [-0.4, -0.2) is 30.4 Å². The summed E-state index contributed by atoms with van der Waals surface area (Å²) in [4.78, 5) is 38.2. The van der Waals surface area contributed by atoms with Gasteiger partial charge in [0.05, 0.1) is 18.0 Å². The van der Waals surface area contributed by atoms with E-state index in [2.05, 4.69) is 0 Å². The normalized spacial score (nSPS) is 10.7. The molecule has 0 atom stereocenters. The van der Waals surface area contributed by atoms with Crippen LogP contribution in [-0.2, 0) is 4.74 Å². The highest BCUT2D eigenvalue weighted by Gasteiger charge is 2.27. The highest BCUT2D eigenvalue weighted by atomic mass is 16.6. The van der Waals surface area contributed by atoms with Gasteiger partial charge in [-0.05, 0) is 30.5 Å². The zero-order valence-electron chi connectivity index (χ0n) is 16.7. The molecule has 1 N–H and O–H groups in total. The Hall–Kier alpha value is -4.19. The molecule has 0 aliphatic rings. The molecule has 0 aromatic heterocycles. The molecule has 0 heterocycles. The van der Waals surface area contributed by atoms with Gasteiger partial charge in [0.25, 0.3) is 0 Å². The minimum Gasteiger partial charge on any atom is -0.507 e. The first-order valence-electron chi connectivity index (χ1n) is 9.74. The van der Waals surface area contributed by atoms with Crippen LogP contribution in [0.4, 0.5) is 16.2 Å². The number of rotatable bonds is 5. The minimum absolute atomic E-state index is 0.0694. The van der Waals surface area contributed by atoms with Gasteiger partial charge < -0.3 is 9.84 Å². The van der Waals surface area contributed by atoms with E-state index in [1.165, 1.54) is 17.0 Å². The summed E-state index contributed by atoms with van der Waals surface area (Å²) in [5, 5.41) is 12.6. The van der Waals surface area contributed by atoms with E-state index >= 15 is 0 Å². The molecule has 6 nitrogen and oxygen atoms in total. The Kier molecular flexibility index (Phi) is 5.37. The third kappa shape index (κ3) is 3.38. The number of hydrogen-bond acceptors (Lipinski definition) is 5. The number of anilines is 2. The average molecular weight is 413 g/mol. The number of nitrogens with zero attached hydrogens (tertiary/aromatic N) is 1. The van der Waals surface area contributed by atoms with Gasteiger partial charge in [-0.1, -0.05) is 48.5 Å². The van der Waals surface area contributed by atoms with Crippen molar-refractivity contribution in [2.75, 3.05) is 11.5 Å². The van der Waals surface area contributed by atoms with Crippen molar-refractivity contribution < 1.29 is 24.2 Å². The lowest BCUT2D eigenvalue weighted by Gasteiger charge is -2.27. The maximum atomic E-state index is 13.2. The molecule has 6 heteroatoms. The molecule has 4 aromatic rings. The van der Waals surface area contributed by atoms with Crippen molar-refractivity contribution in [3.8, 4) is 5.75 Å². The van der Waals surface area contributed by atoms with E-state index in [0.717, 1.165) is 0 Å². The van der Waals surface area contributed by atoms with Gasteiger partial charge >= 0.3 is 6.09 Å². The molecule has 0 fully saturated rings. The van der Waals surface area contributed by atoms with Crippen LogP contribution < -0.4 is 4.90 Å². The van der Waals surface area contributed by atoms with Crippen LogP contribution in [0.15, 0.2) is 66.7 Å². The van der Waals surface area contributed by atoms with Crippen LogP contribution in [0.1, 0.15) is 27.6 Å². The molecule has 0 bridgehead atoms. The smallest absolute Gasteiger partial charge is 0.418 e. The average Bonchev–Trinajstić information content (AvgIpc) is 2.81. The molecular formula is C25H19NO5. The molecule has 0 aliphatic carbocycles. The number of phenols is 1. The molecule has 0 aliphatic heterocycles. The first kappa shape index (κ1) is 20.1. The summed E-state index contributed by atoms with van der Waals surface area (Å²) >= 11 is 0. The summed E-state index contributed by atoms with van der Waals surface area (Å²) in [5.41, 5.74) is 1.27. The maximum absolute atomic E-state index is 13.2. The predicted octanol–water partition coefficient (Wildman–Crippen LogP) is 5.62. The zero-order valence-corrected chi connectivity index (χ0v) is 16.7.